The number of aromatic nitrogens is 1. The summed E-state index contributed by atoms with van der Waals surface area (Å²) in [7, 11) is -3.77. The van der Waals surface area contributed by atoms with Crippen LogP contribution >= 0.6 is 0 Å². The Hall–Kier alpha value is -2.91. The second-order valence-corrected chi connectivity index (χ2v) is 6.92. The number of fused-ring (bicyclic) bond motifs is 1. The summed E-state index contributed by atoms with van der Waals surface area (Å²) in [4.78, 5) is 23.8. The van der Waals surface area contributed by atoms with Gasteiger partial charge in [-0.25, -0.2) is 18.4 Å². The number of nitrogens with one attached hydrogen (secondary N) is 1. The summed E-state index contributed by atoms with van der Waals surface area (Å²) in [5.41, 5.74) is 1.52. The number of nitrogens with zero attached hydrogens (tertiary/aromatic N) is 1. The van der Waals surface area contributed by atoms with E-state index in [9.17, 15) is 18.0 Å². The van der Waals surface area contributed by atoms with E-state index >= 15 is 0 Å². The van der Waals surface area contributed by atoms with E-state index in [0.29, 0.717) is 16.8 Å². The van der Waals surface area contributed by atoms with Gasteiger partial charge in [-0.15, -0.1) is 0 Å². The Morgan fingerprint density at radius 2 is 1.80 bits per heavy atom. The predicted molar refractivity (Wildman–Crippen MR) is 91.5 cm³/mol. The lowest BCUT2D eigenvalue weighted by atomic mass is 10.3. The Bertz CT molecular complexity index is 1080. The number of hydrogen-bond acceptors (Lipinski definition) is 5. The lowest BCUT2D eigenvalue weighted by molar-refractivity contribution is -0.116. The number of rotatable bonds is 5. The highest BCUT2D eigenvalue weighted by molar-refractivity contribution is 7.89. The van der Waals surface area contributed by atoms with Crippen molar-refractivity contribution in [2.75, 3.05) is 5.32 Å². The van der Waals surface area contributed by atoms with Crippen molar-refractivity contribution in [2.24, 2.45) is 5.14 Å². The standard InChI is InChI=1S/C16H15N3O5S/c17-25(22,23)12-7-5-11(6-8-12)18-15(20)9-10-19-13-3-1-2-4-14(13)24-16(19)21/h1-8H,9-10H2,(H,18,20)(H2,17,22,23). The van der Waals surface area contributed by atoms with Gasteiger partial charge in [-0.3, -0.25) is 9.36 Å². The number of nitrogens with two attached hydrogens (primary N) is 1. The number of aryl methyl sites for hydroxylation is 1. The molecule has 2 aromatic carbocycles. The SMILES string of the molecule is NS(=O)(=O)c1ccc(NC(=O)CCn2c(=O)oc3ccccc32)cc1. The summed E-state index contributed by atoms with van der Waals surface area (Å²) >= 11 is 0. The Kier molecular flexibility index (Phi) is 4.43. The van der Waals surface area contributed by atoms with Crippen LogP contribution in [0.5, 0.6) is 0 Å². The number of sulfonamides is 1. The van der Waals surface area contributed by atoms with Crippen LogP contribution in [0.3, 0.4) is 0 Å². The van der Waals surface area contributed by atoms with Crippen LogP contribution in [0.15, 0.2) is 62.6 Å². The third-order valence-electron chi connectivity index (χ3n) is 3.60. The molecule has 0 aliphatic heterocycles. The van der Waals surface area contributed by atoms with Gasteiger partial charge in [-0.2, -0.15) is 0 Å². The highest BCUT2D eigenvalue weighted by atomic mass is 32.2. The van der Waals surface area contributed by atoms with Gasteiger partial charge in [0.2, 0.25) is 15.9 Å². The number of carbonyl (C=O) groups is 1. The Labute approximate surface area is 142 Å². The van der Waals surface area contributed by atoms with Crippen LogP contribution in [0.4, 0.5) is 5.69 Å². The molecule has 0 spiro atoms. The van der Waals surface area contributed by atoms with Crippen molar-refractivity contribution in [3.8, 4) is 0 Å². The first-order valence-corrected chi connectivity index (χ1v) is 8.90. The van der Waals surface area contributed by atoms with E-state index in [0.717, 1.165) is 0 Å². The number of benzene rings is 2. The molecule has 0 aliphatic carbocycles. The maximum Gasteiger partial charge on any atom is 0.419 e. The topological polar surface area (TPSA) is 124 Å². The minimum absolute atomic E-state index is 0.0399. The predicted octanol–water partition coefficient (Wildman–Crippen LogP) is 1.27. The first-order chi connectivity index (χ1) is 11.8. The van der Waals surface area contributed by atoms with Crippen molar-refractivity contribution < 1.29 is 17.6 Å². The van der Waals surface area contributed by atoms with Crippen LogP contribution < -0.4 is 16.2 Å². The summed E-state index contributed by atoms with van der Waals surface area (Å²) in [5.74, 6) is -0.841. The van der Waals surface area contributed by atoms with Crippen LogP contribution in [-0.4, -0.2) is 18.9 Å². The van der Waals surface area contributed by atoms with E-state index in [2.05, 4.69) is 5.32 Å². The number of amides is 1. The molecule has 3 rings (SSSR count). The van der Waals surface area contributed by atoms with Gasteiger partial charge in [0.25, 0.3) is 0 Å². The van der Waals surface area contributed by atoms with Gasteiger partial charge in [0.05, 0.1) is 10.4 Å². The Morgan fingerprint density at radius 1 is 1.12 bits per heavy atom. The van der Waals surface area contributed by atoms with E-state index in [1.54, 1.807) is 24.3 Å². The first-order valence-electron chi connectivity index (χ1n) is 7.36. The summed E-state index contributed by atoms with van der Waals surface area (Å²) in [6, 6.07) is 12.4. The van der Waals surface area contributed by atoms with E-state index < -0.39 is 15.8 Å². The zero-order valence-electron chi connectivity index (χ0n) is 13.0. The van der Waals surface area contributed by atoms with E-state index in [1.165, 1.54) is 28.8 Å². The van der Waals surface area contributed by atoms with Crippen molar-refractivity contribution >= 4 is 32.7 Å². The fourth-order valence-corrected chi connectivity index (χ4v) is 2.91. The van der Waals surface area contributed by atoms with Crippen LogP contribution in [0.1, 0.15) is 6.42 Å². The maximum atomic E-state index is 12.0. The second kappa shape index (κ2) is 6.54. The molecule has 8 nitrogen and oxygen atoms in total. The van der Waals surface area contributed by atoms with Gasteiger partial charge in [0.15, 0.2) is 5.58 Å². The molecule has 9 heteroatoms. The largest absolute Gasteiger partial charge is 0.419 e. The maximum absolute atomic E-state index is 12.0. The molecule has 0 atom stereocenters. The molecule has 1 amide bonds. The smallest absolute Gasteiger partial charge is 0.408 e. The minimum atomic E-state index is -3.77. The fraction of sp³-hybridized carbons (Fsp3) is 0.125. The van der Waals surface area contributed by atoms with Crippen LogP contribution in [0, 0.1) is 0 Å². The van der Waals surface area contributed by atoms with Crippen molar-refractivity contribution in [1.29, 1.82) is 0 Å². The van der Waals surface area contributed by atoms with Crippen LogP contribution in [0.2, 0.25) is 0 Å². The number of hydrogen-bond donors (Lipinski definition) is 2. The van der Waals surface area contributed by atoms with Gasteiger partial charge in [-0.1, -0.05) is 12.1 Å². The van der Waals surface area contributed by atoms with Crippen molar-refractivity contribution in [1.82, 2.24) is 4.57 Å². The normalized spacial score (nSPS) is 11.6. The van der Waals surface area contributed by atoms with Crippen LogP contribution in [0.25, 0.3) is 11.1 Å². The monoisotopic (exact) mass is 361 g/mol. The van der Waals surface area contributed by atoms with Gasteiger partial charge in [-0.05, 0) is 36.4 Å². The summed E-state index contributed by atoms with van der Waals surface area (Å²) in [6.07, 6.45) is 0.0559. The molecule has 1 aromatic heterocycles. The molecule has 3 N–H and O–H groups in total. The zero-order chi connectivity index (χ0) is 18.0. The van der Waals surface area contributed by atoms with Gasteiger partial charge < -0.3 is 9.73 Å². The lowest BCUT2D eigenvalue weighted by Gasteiger charge is -2.06. The molecule has 1 heterocycles. The molecule has 0 fully saturated rings. The van der Waals surface area contributed by atoms with Crippen molar-refractivity contribution in [3.63, 3.8) is 0 Å². The molecule has 0 radical (unpaired) electrons. The van der Waals surface area contributed by atoms with E-state index in [1.807, 2.05) is 0 Å². The molecular formula is C16H15N3O5S. The third kappa shape index (κ3) is 3.78. The zero-order valence-corrected chi connectivity index (χ0v) is 13.8. The average molecular weight is 361 g/mol. The molecular weight excluding hydrogens is 346 g/mol. The Balaban J connectivity index is 1.67. The van der Waals surface area contributed by atoms with E-state index in [-0.39, 0.29) is 23.8 Å². The fourth-order valence-electron chi connectivity index (χ4n) is 2.39. The molecule has 130 valence electrons. The molecule has 3 aromatic rings. The van der Waals surface area contributed by atoms with Gasteiger partial charge in [0.1, 0.15) is 0 Å². The molecule has 25 heavy (non-hydrogen) atoms. The number of carbonyl (C=O) groups excluding carboxylic acids is 1. The van der Waals surface area contributed by atoms with Crippen LogP contribution in [-0.2, 0) is 21.4 Å². The second-order valence-electron chi connectivity index (χ2n) is 5.35. The number of para-hydroxylation sites is 2. The average Bonchev–Trinajstić information content (AvgIpc) is 2.88. The number of anilines is 1. The summed E-state index contributed by atoms with van der Waals surface area (Å²) < 4.78 is 28.9. The number of oxazole rings is 1. The molecule has 0 bridgehead atoms. The quantitative estimate of drug-likeness (QED) is 0.708. The Morgan fingerprint density at radius 3 is 2.48 bits per heavy atom. The molecule has 0 unspecified atom stereocenters. The molecule has 0 saturated carbocycles. The van der Waals surface area contributed by atoms with Gasteiger partial charge in [0, 0.05) is 18.7 Å². The minimum Gasteiger partial charge on any atom is -0.408 e. The molecule has 0 saturated heterocycles. The molecule has 0 aliphatic rings. The summed E-state index contributed by atoms with van der Waals surface area (Å²) in [5, 5.41) is 7.64. The highest BCUT2D eigenvalue weighted by Crippen LogP contribution is 2.14. The van der Waals surface area contributed by atoms with E-state index in [4.69, 9.17) is 9.56 Å². The lowest BCUT2D eigenvalue weighted by Crippen LogP contribution is -2.20. The third-order valence-corrected chi connectivity index (χ3v) is 4.53. The highest BCUT2D eigenvalue weighted by Gasteiger charge is 2.11. The van der Waals surface area contributed by atoms with Crippen molar-refractivity contribution in [2.45, 2.75) is 17.9 Å². The van der Waals surface area contributed by atoms with Crippen molar-refractivity contribution in [3.05, 3.63) is 59.1 Å². The number of primary sulfonamides is 1. The van der Waals surface area contributed by atoms with Gasteiger partial charge >= 0.3 is 5.76 Å². The first kappa shape index (κ1) is 16.9. The summed E-state index contributed by atoms with van der Waals surface area (Å²) in [6.45, 7) is 0.164.